The molecule has 216 valence electrons. The van der Waals surface area contributed by atoms with Gasteiger partial charge in [-0.1, -0.05) is 18.2 Å². The smallest absolute Gasteiger partial charge is 0.448 e. The van der Waals surface area contributed by atoms with Gasteiger partial charge in [0.2, 0.25) is 17.3 Å². The molecule has 0 saturated carbocycles. The first-order valence-electron chi connectivity index (χ1n) is 10.8. The van der Waals surface area contributed by atoms with E-state index in [-0.39, 0.29) is 54.2 Å². The Hall–Kier alpha value is -3.78. The van der Waals surface area contributed by atoms with Gasteiger partial charge in [-0.05, 0) is 36.0 Å². The first-order valence-corrected chi connectivity index (χ1v) is 10.8. The van der Waals surface area contributed by atoms with Gasteiger partial charge in [-0.15, -0.1) is 0 Å². The predicted octanol–water partition coefficient (Wildman–Crippen LogP) is 6.20. The lowest BCUT2D eigenvalue weighted by molar-refractivity contribution is -0.125. The highest BCUT2D eigenvalue weighted by molar-refractivity contribution is 5.91. The third-order valence-corrected chi connectivity index (χ3v) is 4.86. The summed E-state index contributed by atoms with van der Waals surface area (Å²) < 4.78 is 111. The molecular weight excluding hydrogens is 555 g/mol. The van der Waals surface area contributed by atoms with Crippen molar-refractivity contribution < 1.29 is 69.2 Å². The summed E-state index contributed by atoms with van der Waals surface area (Å²) in [5.41, 5.74) is 0.786. The first kappa shape index (κ1) is 33.2. The molecule has 15 heteroatoms. The van der Waals surface area contributed by atoms with Gasteiger partial charge in [0, 0.05) is 37.5 Å². The average Bonchev–Trinajstić information content (AvgIpc) is 2.78. The molecule has 0 fully saturated rings. The number of aliphatic hydroxyl groups excluding tert-OH is 3. The monoisotopic (exact) mass is 576 g/mol. The normalized spacial score (nSPS) is 13.9. The van der Waals surface area contributed by atoms with Gasteiger partial charge in [0.15, 0.2) is 17.3 Å². The summed E-state index contributed by atoms with van der Waals surface area (Å²) in [5.74, 6) is -9.69. The van der Waals surface area contributed by atoms with Crippen LogP contribution in [0.5, 0.6) is 0 Å². The highest BCUT2D eigenvalue weighted by atomic mass is 19.4. The Morgan fingerprint density at radius 3 is 0.897 bits per heavy atom. The van der Waals surface area contributed by atoms with Crippen LogP contribution in [0.2, 0.25) is 0 Å². The van der Waals surface area contributed by atoms with Crippen molar-refractivity contribution >= 4 is 17.3 Å². The standard InChI is InChI=1S/C24H21F9O6/c25-22(26,27)19(37)10-16(34)4-1-13-7-14(2-5-17(35)11-20(38)23(28,29)30)9-15(8-13)3-6-18(36)12-21(39)24(31,32)33/h7-12,37-39H,1-6H2/b19-10+,20-11+,21-12+. The van der Waals surface area contributed by atoms with Crippen LogP contribution in [0.4, 0.5) is 39.5 Å². The zero-order valence-electron chi connectivity index (χ0n) is 19.7. The minimum Gasteiger partial charge on any atom is -0.504 e. The number of rotatable bonds is 12. The number of halogens is 9. The highest BCUT2D eigenvalue weighted by Gasteiger charge is 2.35. The molecule has 0 aliphatic rings. The number of benzene rings is 1. The van der Waals surface area contributed by atoms with Gasteiger partial charge >= 0.3 is 18.5 Å². The molecule has 0 aliphatic heterocycles. The second kappa shape index (κ2) is 13.3. The maximum Gasteiger partial charge on any atom is 0.448 e. The largest absolute Gasteiger partial charge is 0.504 e. The summed E-state index contributed by atoms with van der Waals surface area (Å²) in [5, 5.41) is 26.6. The summed E-state index contributed by atoms with van der Waals surface area (Å²) in [4.78, 5) is 35.3. The average molecular weight is 576 g/mol. The number of carbonyl (C=O) groups excluding carboxylic acids is 3. The topological polar surface area (TPSA) is 112 Å². The van der Waals surface area contributed by atoms with Crippen molar-refractivity contribution in [2.24, 2.45) is 0 Å². The predicted molar refractivity (Wildman–Crippen MR) is 117 cm³/mol. The van der Waals surface area contributed by atoms with Crippen molar-refractivity contribution in [1.29, 1.82) is 0 Å². The molecule has 0 unspecified atom stereocenters. The minimum atomic E-state index is -5.15. The second-order valence-electron chi connectivity index (χ2n) is 8.14. The zero-order valence-corrected chi connectivity index (χ0v) is 19.7. The van der Waals surface area contributed by atoms with Crippen molar-refractivity contribution in [1.82, 2.24) is 0 Å². The lowest BCUT2D eigenvalue weighted by atomic mass is 9.95. The Balaban J connectivity index is 3.11. The van der Waals surface area contributed by atoms with E-state index in [0.29, 0.717) is 0 Å². The van der Waals surface area contributed by atoms with Crippen LogP contribution in [-0.2, 0) is 33.6 Å². The second-order valence-corrected chi connectivity index (χ2v) is 8.14. The zero-order chi connectivity index (χ0) is 30.2. The molecule has 1 rings (SSSR count). The van der Waals surface area contributed by atoms with Crippen molar-refractivity contribution in [2.75, 3.05) is 0 Å². The fraction of sp³-hybridized carbons (Fsp3) is 0.375. The molecule has 3 N–H and O–H groups in total. The quantitative estimate of drug-likeness (QED) is 0.155. The molecule has 1 aromatic carbocycles. The van der Waals surface area contributed by atoms with Gasteiger partial charge in [-0.25, -0.2) is 0 Å². The van der Waals surface area contributed by atoms with E-state index < -0.39 is 72.4 Å². The van der Waals surface area contributed by atoms with Crippen LogP contribution in [-0.4, -0.2) is 51.2 Å². The maximum atomic E-state index is 12.4. The fourth-order valence-electron chi connectivity index (χ4n) is 2.99. The number of carbonyl (C=O) groups is 3. The number of allylic oxidation sites excluding steroid dienone is 6. The van der Waals surface area contributed by atoms with E-state index in [1.54, 1.807) is 0 Å². The molecule has 1 aromatic rings. The van der Waals surface area contributed by atoms with Gasteiger partial charge in [-0.2, -0.15) is 39.5 Å². The Bertz CT molecular complexity index is 1000. The molecule has 0 spiro atoms. The Morgan fingerprint density at radius 2 is 0.718 bits per heavy atom. The van der Waals surface area contributed by atoms with E-state index in [1.165, 1.54) is 18.2 Å². The fourth-order valence-corrected chi connectivity index (χ4v) is 2.99. The lowest BCUT2D eigenvalue weighted by Crippen LogP contribution is -2.13. The molecule has 0 aromatic heterocycles. The minimum absolute atomic E-state index is 0.0268. The molecule has 0 bridgehead atoms. The number of hydrogen-bond acceptors (Lipinski definition) is 6. The first-order chi connectivity index (χ1) is 17.7. The van der Waals surface area contributed by atoms with Crippen molar-refractivity contribution in [3.05, 3.63) is 70.4 Å². The summed E-state index contributed by atoms with van der Waals surface area (Å²) in [7, 11) is 0. The van der Waals surface area contributed by atoms with Crippen LogP contribution in [0.25, 0.3) is 0 Å². The third kappa shape index (κ3) is 12.5. The van der Waals surface area contributed by atoms with E-state index >= 15 is 0 Å². The molecule has 0 saturated heterocycles. The van der Waals surface area contributed by atoms with Crippen molar-refractivity contribution in [3.63, 3.8) is 0 Å². The number of ketones is 3. The Kier molecular flexibility index (Phi) is 11.4. The van der Waals surface area contributed by atoms with Crippen LogP contribution >= 0.6 is 0 Å². The lowest BCUT2D eigenvalue weighted by Gasteiger charge is -2.10. The van der Waals surface area contributed by atoms with Gasteiger partial charge in [-0.3, -0.25) is 14.4 Å². The van der Waals surface area contributed by atoms with Crippen LogP contribution < -0.4 is 0 Å². The molecule has 0 heterocycles. The van der Waals surface area contributed by atoms with Crippen LogP contribution in [0.1, 0.15) is 36.0 Å². The van der Waals surface area contributed by atoms with E-state index in [4.69, 9.17) is 15.3 Å². The van der Waals surface area contributed by atoms with E-state index in [9.17, 15) is 53.9 Å². The molecule has 0 amide bonds. The molecule has 0 atom stereocenters. The summed E-state index contributed by atoms with van der Waals surface area (Å²) in [6.07, 6.45) is -17.8. The van der Waals surface area contributed by atoms with Gasteiger partial charge in [0.25, 0.3) is 0 Å². The van der Waals surface area contributed by atoms with Crippen molar-refractivity contribution in [3.8, 4) is 0 Å². The van der Waals surface area contributed by atoms with Gasteiger partial charge in [0.1, 0.15) is 0 Å². The molecule has 39 heavy (non-hydrogen) atoms. The third-order valence-electron chi connectivity index (χ3n) is 4.86. The summed E-state index contributed by atoms with van der Waals surface area (Å²) >= 11 is 0. The highest BCUT2D eigenvalue weighted by Crippen LogP contribution is 2.25. The van der Waals surface area contributed by atoms with E-state index in [0.717, 1.165) is 0 Å². The summed E-state index contributed by atoms with van der Waals surface area (Å²) in [6, 6.07) is 4.09. The van der Waals surface area contributed by atoms with Gasteiger partial charge < -0.3 is 15.3 Å². The van der Waals surface area contributed by atoms with E-state index in [1.807, 2.05) is 0 Å². The summed E-state index contributed by atoms with van der Waals surface area (Å²) in [6.45, 7) is 0. The number of aliphatic hydroxyl groups is 3. The Morgan fingerprint density at radius 1 is 0.513 bits per heavy atom. The number of hydrogen-bond donors (Lipinski definition) is 3. The van der Waals surface area contributed by atoms with Crippen LogP contribution in [0.3, 0.4) is 0 Å². The number of aryl methyl sites for hydroxylation is 3. The maximum absolute atomic E-state index is 12.4. The molecular formula is C24H21F9O6. The molecule has 0 radical (unpaired) electrons. The number of alkyl halides is 9. The molecule has 0 aliphatic carbocycles. The van der Waals surface area contributed by atoms with Crippen molar-refractivity contribution in [2.45, 2.75) is 57.1 Å². The van der Waals surface area contributed by atoms with E-state index in [2.05, 4.69) is 0 Å². The Labute approximate surface area is 214 Å². The van der Waals surface area contributed by atoms with Crippen LogP contribution in [0.15, 0.2) is 53.7 Å². The SMILES string of the molecule is O=C(/C=C(/O)C(F)(F)F)CCc1cc(CCC(=O)/C=C(/O)C(F)(F)F)cc(CCC(=O)/C=C(/O)C(F)(F)F)c1. The molecule has 6 nitrogen and oxygen atoms in total. The van der Waals surface area contributed by atoms with Gasteiger partial charge in [0.05, 0.1) is 0 Å². The van der Waals surface area contributed by atoms with Crippen LogP contribution in [0, 0.1) is 0 Å².